The minimum Gasteiger partial charge on any atom is -0.258 e. The highest BCUT2D eigenvalue weighted by atomic mass is 33.1. The van der Waals surface area contributed by atoms with Crippen molar-refractivity contribution in [2.45, 2.75) is 11.8 Å². The molecule has 0 saturated heterocycles. The number of benzene rings is 1. The topological polar surface area (TPSA) is 77.3 Å². The van der Waals surface area contributed by atoms with E-state index < -0.39 is 13.8 Å². The van der Waals surface area contributed by atoms with Crippen molar-refractivity contribution in [3.05, 3.63) is 34.4 Å². The lowest BCUT2D eigenvalue weighted by Gasteiger charge is -2.00. The lowest BCUT2D eigenvalue weighted by molar-refractivity contribution is -0.385. The van der Waals surface area contributed by atoms with Crippen LogP contribution in [0.1, 0.15) is 6.92 Å². The highest BCUT2D eigenvalue weighted by molar-refractivity contribution is 8.72. The van der Waals surface area contributed by atoms with Crippen molar-refractivity contribution in [2.75, 3.05) is 5.75 Å². The lowest BCUT2D eigenvalue weighted by atomic mass is 10.3. The van der Waals surface area contributed by atoms with Crippen LogP contribution in [0.15, 0.2) is 29.2 Å². The molecule has 0 amide bonds. The molecule has 1 rings (SSSR count). The van der Waals surface area contributed by atoms with Crippen molar-refractivity contribution < 1.29 is 13.3 Å². The maximum atomic E-state index is 11.5. The maximum Gasteiger partial charge on any atom is 0.270 e. The Bertz CT molecular complexity index is 469. The zero-order valence-corrected chi connectivity index (χ0v) is 9.55. The summed E-state index contributed by atoms with van der Waals surface area (Å²) in [6.07, 6.45) is 0. The van der Waals surface area contributed by atoms with Crippen molar-refractivity contribution in [2.24, 2.45) is 0 Å². The van der Waals surface area contributed by atoms with E-state index >= 15 is 0 Å². The van der Waals surface area contributed by atoms with Crippen LogP contribution in [0.25, 0.3) is 0 Å². The van der Waals surface area contributed by atoms with Gasteiger partial charge in [-0.1, -0.05) is 13.0 Å². The molecule has 0 aliphatic heterocycles. The van der Waals surface area contributed by atoms with Gasteiger partial charge in [-0.3, -0.25) is 10.1 Å². The second kappa shape index (κ2) is 4.63. The van der Waals surface area contributed by atoms with Gasteiger partial charge in [-0.15, -0.1) is 0 Å². The average molecular weight is 247 g/mol. The van der Waals surface area contributed by atoms with Crippen molar-refractivity contribution in [1.29, 1.82) is 0 Å². The fourth-order valence-corrected chi connectivity index (χ4v) is 3.58. The minimum absolute atomic E-state index is 0.0245. The van der Waals surface area contributed by atoms with E-state index in [0.29, 0.717) is 5.75 Å². The number of rotatable bonds is 4. The van der Waals surface area contributed by atoms with Gasteiger partial charge in [0.15, 0.2) is 0 Å². The smallest absolute Gasteiger partial charge is 0.258 e. The van der Waals surface area contributed by atoms with Crippen LogP contribution in [0.3, 0.4) is 0 Å². The summed E-state index contributed by atoms with van der Waals surface area (Å²) in [6, 6.07) is 5.04. The van der Waals surface area contributed by atoms with E-state index in [1.807, 2.05) is 0 Å². The molecule has 1 aromatic rings. The second-order valence-electron chi connectivity index (χ2n) is 2.62. The lowest BCUT2D eigenvalue weighted by Crippen LogP contribution is -1.97. The van der Waals surface area contributed by atoms with E-state index in [1.54, 1.807) is 6.92 Å². The molecule has 0 N–H and O–H groups in total. The molecule has 0 saturated carbocycles. The summed E-state index contributed by atoms with van der Waals surface area (Å²) in [5, 5.41) is 10.4. The molecule has 5 nitrogen and oxygen atoms in total. The Kier molecular flexibility index (Phi) is 3.70. The quantitative estimate of drug-likeness (QED) is 0.462. The molecule has 1 aromatic carbocycles. The predicted octanol–water partition coefficient (Wildman–Crippen LogP) is 2.04. The van der Waals surface area contributed by atoms with Crippen LogP contribution in [0.5, 0.6) is 0 Å². The van der Waals surface area contributed by atoms with E-state index in [1.165, 1.54) is 18.2 Å². The van der Waals surface area contributed by atoms with E-state index in [2.05, 4.69) is 0 Å². The molecule has 0 fully saturated rings. The third-order valence-electron chi connectivity index (χ3n) is 1.59. The van der Waals surface area contributed by atoms with Crippen molar-refractivity contribution in [3.63, 3.8) is 0 Å². The van der Waals surface area contributed by atoms with E-state index in [-0.39, 0.29) is 10.6 Å². The molecule has 0 bridgehead atoms. The number of nitro benzene ring substituents is 1. The normalized spacial score (nSPS) is 11.3. The SMILES string of the molecule is CCSS(=O)(=O)c1cccc([N+](=O)[O-])c1. The zero-order chi connectivity index (χ0) is 11.5. The van der Waals surface area contributed by atoms with Crippen LogP contribution >= 0.6 is 10.8 Å². The van der Waals surface area contributed by atoms with Gasteiger partial charge in [-0.25, -0.2) is 8.42 Å². The number of nitro groups is 1. The molecule has 7 heteroatoms. The summed E-state index contributed by atoms with van der Waals surface area (Å²) in [6.45, 7) is 1.71. The average Bonchev–Trinajstić information content (AvgIpc) is 2.18. The number of nitrogens with zero attached hydrogens (tertiary/aromatic N) is 1. The highest BCUT2D eigenvalue weighted by Gasteiger charge is 2.17. The first-order valence-corrected chi connectivity index (χ1v) is 7.10. The van der Waals surface area contributed by atoms with Crippen LogP contribution < -0.4 is 0 Å². The van der Waals surface area contributed by atoms with Crippen molar-refractivity contribution in [3.8, 4) is 0 Å². The van der Waals surface area contributed by atoms with Gasteiger partial charge >= 0.3 is 0 Å². The molecular weight excluding hydrogens is 238 g/mol. The van der Waals surface area contributed by atoms with Gasteiger partial charge in [0.2, 0.25) is 8.87 Å². The number of hydrogen-bond acceptors (Lipinski definition) is 5. The molecular formula is C8H9NO4S2. The summed E-state index contributed by atoms with van der Waals surface area (Å²) < 4.78 is 23.1. The zero-order valence-electron chi connectivity index (χ0n) is 7.91. The van der Waals surface area contributed by atoms with E-state index in [0.717, 1.165) is 16.9 Å². The molecule has 0 radical (unpaired) electrons. The first kappa shape index (κ1) is 12.0. The van der Waals surface area contributed by atoms with Gasteiger partial charge in [-0.05, 0) is 16.9 Å². The molecule has 15 heavy (non-hydrogen) atoms. The molecule has 0 aliphatic rings. The largest absolute Gasteiger partial charge is 0.270 e. The van der Waals surface area contributed by atoms with Crippen LogP contribution in [0.2, 0.25) is 0 Å². The third-order valence-corrected chi connectivity index (χ3v) is 5.18. The Balaban J connectivity index is 3.16. The molecule has 0 spiro atoms. The summed E-state index contributed by atoms with van der Waals surface area (Å²) in [4.78, 5) is 9.80. The van der Waals surface area contributed by atoms with Gasteiger partial charge < -0.3 is 0 Å². The molecule has 0 aromatic heterocycles. The van der Waals surface area contributed by atoms with Gasteiger partial charge in [0, 0.05) is 17.9 Å². The Morgan fingerprint density at radius 1 is 1.47 bits per heavy atom. The maximum absolute atomic E-state index is 11.5. The summed E-state index contributed by atoms with van der Waals surface area (Å²) in [5.41, 5.74) is -0.215. The van der Waals surface area contributed by atoms with E-state index in [9.17, 15) is 18.5 Å². The first-order chi connectivity index (χ1) is 6.97. The van der Waals surface area contributed by atoms with Gasteiger partial charge in [0.25, 0.3) is 5.69 Å². The molecule has 0 unspecified atom stereocenters. The van der Waals surface area contributed by atoms with Gasteiger partial charge in [0.05, 0.1) is 9.82 Å². The fraction of sp³-hybridized carbons (Fsp3) is 0.250. The summed E-state index contributed by atoms with van der Waals surface area (Å²) >= 11 is 0. The van der Waals surface area contributed by atoms with Crippen LogP contribution in [-0.2, 0) is 8.87 Å². The Hall–Kier alpha value is -1.08. The van der Waals surface area contributed by atoms with Crippen LogP contribution in [0.4, 0.5) is 5.69 Å². The second-order valence-corrected chi connectivity index (χ2v) is 6.83. The van der Waals surface area contributed by atoms with Crippen molar-refractivity contribution in [1.82, 2.24) is 0 Å². The van der Waals surface area contributed by atoms with Crippen molar-refractivity contribution >= 4 is 25.4 Å². The van der Waals surface area contributed by atoms with E-state index in [4.69, 9.17) is 0 Å². The number of non-ortho nitro benzene ring substituents is 1. The van der Waals surface area contributed by atoms with Gasteiger partial charge in [-0.2, -0.15) is 0 Å². The standard InChI is InChI=1S/C8H9NO4S2/c1-2-14-15(12,13)8-5-3-4-7(6-8)9(10)11/h3-6H,2H2,1H3. The van der Waals surface area contributed by atoms with Crippen LogP contribution in [-0.4, -0.2) is 19.1 Å². The monoisotopic (exact) mass is 247 g/mol. The summed E-state index contributed by atoms with van der Waals surface area (Å²) in [5.74, 6) is 0.408. The molecule has 0 aliphatic carbocycles. The number of hydrogen-bond donors (Lipinski definition) is 0. The predicted molar refractivity (Wildman–Crippen MR) is 58.4 cm³/mol. The molecule has 0 heterocycles. The van der Waals surface area contributed by atoms with Gasteiger partial charge in [0.1, 0.15) is 0 Å². The first-order valence-electron chi connectivity index (χ1n) is 4.11. The third kappa shape index (κ3) is 2.93. The fourth-order valence-electron chi connectivity index (χ4n) is 0.976. The Labute approximate surface area is 91.0 Å². The Morgan fingerprint density at radius 2 is 2.13 bits per heavy atom. The minimum atomic E-state index is -3.45. The van der Waals surface area contributed by atoms with Crippen LogP contribution in [0, 0.1) is 10.1 Å². The molecule has 0 atom stereocenters. The molecule has 82 valence electrons. The summed E-state index contributed by atoms with van der Waals surface area (Å²) in [7, 11) is -2.70. The highest BCUT2D eigenvalue weighted by Crippen LogP contribution is 2.25. The Morgan fingerprint density at radius 3 is 2.67 bits per heavy atom.